The number of anilines is 1. The summed E-state index contributed by atoms with van der Waals surface area (Å²) in [5, 5.41) is 0. The van der Waals surface area contributed by atoms with E-state index in [4.69, 9.17) is 9.47 Å². The lowest BCUT2D eigenvalue weighted by atomic mass is 9.57. The Labute approximate surface area is 177 Å². The van der Waals surface area contributed by atoms with Gasteiger partial charge < -0.3 is 9.47 Å². The van der Waals surface area contributed by atoms with Gasteiger partial charge in [-0.05, 0) is 49.6 Å². The number of fused-ring (bicyclic) bond motifs is 1. The molecular formula is C23H21F2NO5. The van der Waals surface area contributed by atoms with E-state index in [1.807, 2.05) is 0 Å². The lowest BCUT2D eigenvalue weighted by Gasteiger charge is -2.47. The molecule has 0 saturated heterocycles. The predicted molar refractivity (Wildman–Crippen MR) is 107 cm³/mol. The Bertz CT molecular complexity index is 1030. The number of nitrogens with zero attached hydrogens (tertiary/aromatic N) is 1. The number of benzene rings is 2. The number of amides is 2. The molecule has 1 fully saturated rings. The van der Waals surface area contributed by atoms with Crippen molar-refractivity contribution in [1.82, 2.24) is 0 Å². The van der Waals surface area contributed by atoms with Crippen molar-refractivity contribution in [2.45, 2.75) is 25.2 Å². The van der Waals surface area contributed by atoms with Crippen LogP contribution < -0.4 is 4.90 Å². The van der Waals surface area contributed by atoms with Crippen molar-refractivity contribution < 1.29 is 32.6 Å². The highest BCUT2D eigenvalue weighted by molar-refractivity contribution is 6.34. The molecular weight excluding hydrogens is 408 g/mol. The van der Waals surface area contributed by atoms with Crippen molar-refractivity contribution in [2.24, 2.45) is 5.92 Å². The molecule has 8 heteroatoms. The number of hydrogen-bond donors (Lipinski definition) is 0. The molecule has 162 valence electrons. The minimum absolute atomic E-state index is 0.0649. The number of carbonyl (C=O) groups excluding carboxylic acids is 3. The number of esters is 1. The van der Waals surface area contributed by atoms with Crippen molar-refractivity contribution >= 4 is 23.5 Å². The number of methoxy groups -OCH3 is 1. The van der Waals surface area contributed by atoms with E-state index >= 15 is 0 Å². The maximum absolute atomic E-state index is 14.1. The quantitative estimate of drug-likeness (QED) is 0.518. The van der Waals surface area contributed by atoms with Crippen LogP contribution in [-0.4, -0.2) is 38.1 Å². The van der Waals surface area contributed by atoms with Gasteiger partial charge >= 0.3 is 5.97 Å². The molecule has 0 aromatic heterocycles. The minimum atomic E-state index is -0.952. The van der Waals surface area contributed by atoms with Gasteiger partial charge in [-0.3, -0.25) is 14.4 Å². The summed E-state index contributed by atoms with van der Waals surface area (Å²) in [5.74, 6) is -4.17. The fourth-order valence-corrected chi connectivity index (χ4v) is 4.52. The summed E-state index contributed by atoms with van der Waals surface area (Å²) in [6, 6.07) is 7.92. The molecule has 2 atom stereocenters. The zero-order chi connectivity index (χ0) is 22.3. The average Bonchev–Trinajstić information content (AvgIpc) is 3.01. The van der Waals surface area contributed by atoms with E-state index in [0.717, 1.165) is 23.5 Å². The first-order valence-electron chi connectivity index (χ1n) is 10.00. The van der Waals surface area contributed by atoms with Crippen molar-refractivity contribution in [3.8, 4) is 0 Å². The number of halogens is 2. The lowest BCUT2D eigenvalue weighted by molar-refractivity contribution is -0.160. The highest BCUT2D eigenvalue weighted by Gasteiger charge is 2.55. The summed E-state index contributed by atoms with van der Waals surface area (Å²) in [5.41, 5.74) is -1.18. The summed E-state index contributed by atoms with van der Waals surface area (Å²) >= 11 is 0. The third-order valence-electron chi connectivity index (χ3n) is 6.17. The number of hydrogen-bond acceptors (Lipinski definition) is 5. The molecule has 2 amide bonds. The second-order valence-electron chi connectivity index (χ2n) is 7.65. The topological polar surface area (TPSA) is 72.9 Å². The van der Waals surface area contributed by atoms with Crippen LogP contribution in [0.5, 0.6) is 0 Å². The van der Waals surface area contributed by atoms with Crippen LogP contribution in [0.4, 0.5) is 14.5 Å². The standard InChI is InChI=1S/C23H21F2NO5/c1-3-31-22(29)23(11-10-14(23)12-30-2)13-4-6-15(7-5-13)26-20(27)18-16(24)8-9-17(25)19(18)21(26)28/h4-9,14H,3,10-12H2,1-2H3. The third-order valence-corrected chi connectivity index (χ3v) is 6.17. The van der Waals surface area contributed by atoms with E-state index in [1.165, 1.54) is 12.1 Å². The molecule has 1 saturated carbocycles. The fourth-order valence-electron chi connectivity index (χ4n) is 4.52. The average molecular weight is 429 g/mol. The first kappa shape index (κ1) is 21.1. The Balaban J connectivity index is 1.69. The van der Waals surface area contributed by atoms with Crippen molar-refractivity contribution in [1.29, 1.82) is 0 Å². The summed E-state index contributed by atoms with van der Waals surface area (Å²) in [7, 11) is 1.57. The second-order valence-corrected chi connectivity index (χ2v) is 7.65. The van der Waals surface area contributed by atoms with Gasteiger partial charge in [-0.25, -0.2) is 13.7 Å². The number of carbonyl (C=O) groups is 3. The highest BCUT2D eigenvalue weighted by Crippen LogP contribution is 2.50. The molecule has 1 aliphatic carbocycles. The highest BCUT2D eigenvalue weighted by atomic mass is 19.1. The fraction of sp³-hybridized carbons (Fsp3) is 0.348. The lowest BCUT2D eigenvalue weighted by Crippen LogP contribution is -2.53. The van der Waals surface area contributed by atoms with Crippen LogP contribution in [0.25, 0.3) is 0 Å². The molecule has 0 bridgehead atoms. The first-order chi connectivity index (χ1) is 14.9. The van der Waals surface area contributed by atoms with E-state index < -0.39 is 40.0 Å². The maximum atomic E-state index is 14.1. The van der Waals surface area contributed by atoms with Gasteiger partial charge in [-0.1, -0.05) is 12.1 Å². The van der Waals surface area contributed by atoms with E-state index in [-0.39, 0.29) is 24.2 Å². The van der Waals surface area contributed by atoms with Gasteiger partial charge in [0, 0.05) is 13.0 Å². The van der Waals surface area contributed by atoms with Crippen LogP contribution >= 0.6 is 0 Å². The van der Waals surface area contributed by atoms with Crippen molar-refractivity contribution in [3.05, 3.63) is 64.7 Å². The molecule has 1 aliphatic heterocycles. The normalized spacial score (nSPS) is 22.3. The summed E-state index contributed by atoms with van der Waals surface area (Å²) < 4.78 is 38.8. The summed E-state index contributed by atoms with van der Waals surface area (Å²) in [6.07, 6.45) is 1.38. The number of imide groups is 1. The van der Waals surface area contributed by atoms with E-state index in [1.54, 1.807) is 26.2 Å². The molecule has 1 heterocycles. The smallest absolute Gasteiger partial charge is 0.316 e. The van der Waals surface area contributed by atoms with E-state index in [2.05, 4.69) is 0 Å². The molecule has 0 N–H and O–H groups in total. The largest absolute Gasteiger partial charge is 0.465 e. The van der Waals surface area contributed by atoms with Crippen molar-refractivity contribution in [2.75, 3.05) is 25.2 Å². The van der Waals surface area contributed by atoms with Crippen molar-refractivity contribution in [3.63, 3.8) is 0 Å². The Morgan fingerprint density at radius 3 is 2.10 bits per heavy atom. The molecule has 31 heavy (non-hydrogen) atoms. The van der Waals surface area contributed by atoms with Gasteiger partial charge in [0.05, 0.1) is 35.4 Å². The van der Waals surface area contributed by atoms with Crippen LogP contribution in [0.2, 0.25) is 0 Å². The number of ether oxygens (including phenoxy) is 2. The van der Waals surface area contributed by atoms with E-state index in [9.17, 15) is 23.2 Å². The zero-order valence-electron chi connectivity index (χ0n) is 17.1. The van der Waals surface area contributed by atoms with Gasteiger partial charge in [0.1, 0.15) is 11.6 Å². The van der Waals surface area contributed by atoms with Gasteiger partial charge in [0.2, 0.25) is 0 Å². The Morgan fingerprint density at radius 1 is 1.06 bits per heavy atom. The Hall–Kier alpha value is -3.13. The van der Waals surface area contributed by atoms with Crippen LogP contribution in [-0.2, 0) is 19.7 Å². The molecule has 4 rings (SSSR count). The van der Waals surface area contributed by atoms with Crippen LogP contribution in [0.1, 0.15) is 46.0 Å². The SMILES string of the molecule is CCOC(=O)C1(c2ccc(N3C(=O)c4c(F)ccc(F)c4C3=O)cc2)CCC1COC. The third kappa shape index (κ3) is 3.05. The zero-order valence-corrected chi connectivity index (χ0v) is 17.1. The van der Waals surface area contributed by atoms with Gasteiger partial charge in [0.25, 0.3) is 11.8 Å². The van der Waals surface area contributed by atoms with E-state index in [0.29, 0.717) is 18.6 Å². The molecule has 2 aromatic carbocycles. The Morgan fingerprint density at radius 2 is 1.65 bits per heavy atom. The summed E-state index contributed by atoms with van der Waals surface area (Å²) in [6.45, 7) is 2.36. The summed E-state index contributed by atoms with van der Waals surface area (Å²) in [4.78, 5) is 38.9. The van der Waals surface area contributed by atoms with Crippen LogP contribution in [0.15, 0.2) is 36.4 Å². The minimum Gasteiger partial charge on any atom is -0.465 e. The molecule has 0 radical (unpaired) electrons. The van der Waals surface area contributed by atoms with Gasteiger partial charge in [-0.15, -0.1) is 0 Å². The molecule has 0 spiro atoms. The predicted octanol–water partition coefficient (Wildman–Crippen LogP) is 3.62. The molecule has 2 aliphatic rings. The van der Waals surface area contributed by atoms with Gasteiger partial charge in [-0.2, -0.15) is 0 Å². The van der Waals surface area contributed by atoms with Gasteiger partial charge in [0.15, 0.2) is 0 Å². The monoisotopic (exact) mass is 429 g/mol. The van der Waals surface area contributed by atoms with Crippen LogP contribution in [0.3, 0.4) is 0 Å². The second kappa shape index (κ2) is 7.85. The molecule has 2 unspecified atom stereocenters. The molecule has 2 aromatic rings. The first-order valence-corrected chi connectivity index (χ1v) is 10.00. The molecule has 6 nitrogen and oxygen atoms in total. The number of rotatable bonds is 6. The Kier molecular flexibility index (Phi) is 5.35. The maximum Gasteiger partial charge on any atom is 0.316 e. The van der Waals surface area contributed by atoms with Crippen LogP contribution in [0, 0.1) is 17.6 Å².